The van der Waals surface area contributed by atoms with Gasteiger partial charge in [-0.05, 0) is 44.2 Å². The molecular formula is C16H14FN3O3S. The average molecular weight is 347 g/mol. The van der Waals surface area contributed by atoms with Crippen LogP contribution >= 0.6 is 11.8 Å². The van der Waals surface area contributed by atoms with Crippen LogP contribution in [0.2, 0.25) is 0 Å². The van der Waals surface area contributed by atoms with Crippen LogP contribution in [0.15, 0.2) is 41.4 Å². The Bertz CT molecular complexity index is 766. The van der Waals surface area contributed by atoms with E-state index in [0.717, 1.165) is 17.8 Å². The summed E-state index contributed by atoms with van der Waals surface area (Å²) in [6.45, 7) is 2.67. The van der Waals surface area contributed by atoms with Crippen LogP contribution < -0.4 is 5.32 Å². The molecule has 8 heteroatoms. The second kappa shape index (κ2) is 7.78. The van der Waals surface area contributed by atoms with Crippen LogP contribution in [0.3, 0.4) is 0 Å². The van der Waals surface area contributed by atoms with E-state index >= 15 is 0 Å². The highest BCUT2D eigenvalue weighted by molar-refractivity contribution is 8.01. The Balaban J connectivity index is 2.05. The number of hydrogen-bond donors (Lipinski definition) is 1. The normalized spacial score (nSPS) is 10.5. The average Bonchev–Trinajstić information content (AvgIpc) is 2.53. The fraction of sp³-hybridized carbons (Fsp3) is 0.188. The van der Waals surface area contributed by atoms with Gasteiger partial charge in [-0.25, -0.2) is 4.39 Å². The number of benzene rings is 1. The number of thioether (sulfide) groups is 1. The van der Waals surface area contributed by atoms with Crippen molar-refractivity contribution >= 4 is 35.1 Å². The van der Waals surface area contributed by atoms with Crippen molar-refractivity contribution in [3.05, 3.63) is 47.8 Å². The third-order valence-corrected chi connectivity index (χ3v) is 4.30. The van der Waals surface area contributed by atoms with Crippen molar-refractivity contribution in [1.82, 2.24) is 10.2 Å². The molecule has 0 bridgehead atoms. The van der Waals surface area contributed by atoms with Crippen molar-refractivity contribution in [3.63, 3.8) is 0 Å². The van der Waals surface area contributed by atoms with Crippen LogP contribution in [0.25, 0.3) is 0 Å². The molecule has 0 saturated heterocycles. The molecule has 24 heavy (non-hydrogen) atoms. The SMILES string of the molecule is CC(=O)C(Sc1ccc(NC(=O)c2cccc(F)c2)nn1)C(C)=O. The minimum atomic E-state index is -0.827. The number of hydrogen-bond acceptors (Lipinski definition) is 6. The summed E-state index contributed by atoms with van der Waals surface area (Å²) >= 11 is 0.996. The first-order chi connectivity index (χ1) is 11.4. The molecule has 2 rings (SSSR count). The molecule has 6 nitrogen and oxygen atoms in total. The van der Waals surface area contributed by atoms with Gasteiger partial charge >= 0.3 is 0 Å². The molecule has 0 fully saturated rings. The predicted octanol–water partition coefficient (Wildman–Crippen LogP) is 2.51. The molecule has 0 unspecified atom stereocenters. The van der Waals surface area contributed by atoms with Gasteiger partial charge in [0.2, 0.25) is 0 Å². The monoisotopic (exact) mass is 347 g/mol. The quantitative estimate of drug-likeness (QED) is 0.638. The molecule has 0 aliphatic rings. The number of aromatic nitrogens is 2. The summed E-state index contributed by atoms with van der Waals surface area (Å²) in [5.41, 5.74) is 0.156. The number of nitrogens with one attached hydrogen (secondary N) is 1. The van der Waals surface area contributed by atoms with Crippen molar-refractivity contribution < 1.29 is 18.8 Å². The molecule has 0 saturated carbocycles. The zero-order valence-corrected chi connectivity index (χ0v) is 13.8. The van der Waals surface area contributed by atoms with Gasteiger partial charge < -0.3 is 5.32 Å². The van der Waals surface area contributed by atoms with Crippen LogP contribution in [0.1, 0.15) is 24.2 Å². The number of Topliss-reactive ketones (excluding diaryl/α,β-unsaturated/α-hetero) is 2. The van der Waals surface area contributed by atoms with Crippen molar-refractivity contribution in [2.24, 2.45) is 0 Å². The van der Waals surface area contributed by atoms with Gasteiger partial charge in [0, 0.05) is 5.56 Å². The van der Waals surface area contributed by atoms with E-state index in [4.69, 9.17) is 0 Å². The molecule has 0 aliphatic heterocycles. The first kappa shape index (κ1) is 17.7. The fourth-order valence-electron chi connectivity index (χ4n) is 1.84. The summed E-state index contributed by atoms with van der Waals surface area (Å²) in [6, 6.07) is 8.28. The molecule has 124 valence electrons. The van der Waals surface area contributed by atoms with Gasteiger partial charge in [-0.1, -0.05) is 17.8 Å². The van der Waals surface area contributed by atoms with E-state index in [1.54, 1.807) is 0 Å². The minimum Gasteiger partial charge on any atom is -0.305 e. The number of ketones is 2. The van der Waals surface area contributed by atoms with Gasteiger partial charge in [0.25, 0.3) is 5.91 Å². The Morgan fingerprint density at radius 3 is 2.33 bits per heavy atom. The van der Waals surface area contributed by atoms with E-state index in [1.807, 2.05) is 0 Å². The van der Waals surface area contributed by atoms with Crippen molar-refractivity contribution in [2.45, 2.75) is 24.1 Å². The molecule has 0 spiro atoms. The highest BCUT2D eigenvalue weighted by Crippen LogP contribution is 2.23. The topological polar surface area (TPSA) is 89.0 Å². The second-order valence-electron chi connectivity index (χ2n) is 4.94. The maximum absolute atomic E-state index is 13.1. The maximum Gasteiger partial charge on any atom is 0.256 e. The Morgan fingerprint density at radius 2 is 1.79 bits per heavy atom. The zero-order chi connectivity index (χ0) is 17.7. The van der Waals surface area contributed by atoms with Gasteiger partial charge in [0.15, 0.2) is 17.4 Å². The highest BCUT2D eigenvalue weighted by atomic mass is 32.2. The third-order valence-electron chi connectivity index (χ3n) is 2.95. The van der Waals surface area contributed by atoms with Gasteiger partial charge in [-0.2, -0.15) is 0 Å². The number of anilines is 1. The molecule has 1 heterocycles. The second-order valence-corrected chi connectivity index (χ2v) is 6.07. The van der Waals surface area contributed by atoms with Crippen molar-refractivity contribution in [1.29, 1.82) is 0 Å². The molecule has 0 aliphatic carbocycles. The minimum absolute atomic E-state index is 0.156. The number of amides is 1. The summed E-state index contributed by atoms with van der Waals surface area (Å²) in [7, 11) is 0. The van der Waals surface area contributed by atoms with Gasteiger partial charge in [0.05, 0.1) is 0 Å². The molecule has 0 radical (unpaired) electrons. The molecule has 1 N–H and O–H groups in total. The Morgan fingerprint density at radius 1 is 1.08 bits per heavy atom. The lowest BCUT2D eigenvalue weighted by Gasteiger charge is -2.09. The number of rotatable bonds is 6. The van der Waals surface area contributed by atoms with E-state index in [1.165, 1.54) is 44.2 Å². The number of halogens is 1. The van der Waals surface area contributed by atoms with Crippen molar-refractivity contribution in [2.75, 3.05) is 5.32 Å². The van der Waals surface area contributed by atoms with E-state index in [9.17, 15) is 18.8 Å². The first-order valence-corrected chi connectivity index (χ1v) is 7.83. The lowest BCUT2D eigenvalue weighted by atomic mass is 10.2. The Hall–Kier alpha value is -2.61. The lowest BCUT2D eigenvalue weighted by Crippen LogP contribution is -2.22. The zero-order valence-electron chi connectivity index (χ0n) is 12.9. The van der Waals surface area contributed by atoms with Gasteiger partial charge in [-0.3, -0.25) is 14.4 Å². The number of nitrogens with zero attached hydrogens (tertiary/aromatic N) is 2. The van der Waals surface area contributed by atoms with E-state index in [0.29, 0.717) is 5.03 Å². The van der Waals surface area contributed by atoms with E-state index < -0.39 is 17.0 Å². The van der Waals surface area contributed by atoms with Crippen LogP contribution in [0.4, 0.5) is 10.2 Å². The van der Waals surface area contributed by atoms with E-state index in [2.05, 4.69) is 15.5 Å². The standard InChI is InChI=1S/C16H14FN3O3S/c1-9(21)15(10(2)22)24-14-7-6-13(19-20-14)18-16(23)11-4-3-5-12(17)8-11/h3-8,15H,1-2H3,(H,18,19,23). The Kier molecular flexibility index (Phi) is 5.75. The lowest BCUT2D eigenvalue weighted by molar-refractivity contribution is -0.123. The molecule has 1 amide bonds. The summed E-state index contributed by atoms with van der Waals surface area (Å²) in [5, 5.41) is 9.73. The molecular weight excluding hydrogens is 333 g/mol. The van der Waals surface area contributed by atoms with E-state index in [-0.39, 0.29) is 22.9 Å². The summed E-state index contributed by atoms with van der Waals surface area (Å²) in [4.78, 5) is 34.8. The summed E-state index contributed by atoms with van der Waals surface area (Å²) < 4.78 is 13.1. The van der Waals surface area contributed by atoms with Crippen LogP contribution in [-0.2, 0) is 9.59 Å². The van der Waals surface area contributed by atoms with Crippen LogP contribution in [0.5, 0.6) is 0 Å². The molecule has 1 aromatic carbocycles. The number of carbonyl (C=O) groups is 3. The summed E-state index contributed by atoms with van der Waals surface area (Å²) in [5.74, 6) is -1.39. The number of carbonyl (C=O) groups excluding carboxylic acids is 3. The fourth-order valence-corrected chi connectivity index (χ4v) is 2.65. The Labute approximate surface area is 141 Å². The third kappa shape index (κ3) is 4.69. The first-order valence-electron chi connectivity index (χ1n) is 6.95. The molecule has 2 aromatic rings. The van der Waals surface area contributed by atoms with Crippen LogP contribution in [-0.4, -0.2) is 32.9 Å². The maximum atomic E-state index is 13.1. The van der Waals surface area contributed by atoms with Crippen LogP contribution in [0, 0.1) is 5.82 Å². The molecule has 1 aromatic heterocycles. The van der Waals surface area contributed by atoms with Gasteiger partial charge in [0.1, 0.15) is 16.1 Å². The molecule has 0 atom stereocenters. The predicted molar refractivity (Wildman–Crippen MR) is 87.4 cm³/mol. The highest BCUT2D eigenvalue weighted by Gasteiger charge is 2.21. The largest absolute Gasteiger partial charge is 0.305 e. The summed E-state index contributed by atoms with van der Waals surface area (Å²) in [6.07, 6.45) is 0. The van der Waals surface area contributed by atoms with Crippen molar-refractivity contribution in [3.8, 4) is 0 Å². The smallest absolute Gasteiger partial charge is 0.256 e. The van der Waals surface area contributed by atoms with Gasteiger partial charge in [-0.15, -0.1) is 10.2 Å².